The highest BCUT2D eigenvalue weighted by molar-refractivity contribution is 6.30. The molecule has 9 heteroatoms. The fourth-order valence-electron chi connectivity index (χ4n) is 5.44. The third-order valence-electron chi connectivity index (χ3n) is 7.27. The van der Waals surface area contributed by atoms with Crippen LogP contribution in [0.2, 0.25) is 5.02 Å². The number of nitrogens with zero attached hydrogens (tertiary/aromatic N) is 1. The lowest BCUT2D eigenvalue weighted by atomic mass is 9.73. The first-order chi connectivity index (χ1) is 18.9. The Bertz CT molecular complexity index is 1460. The first-order valence-corrected chi connectivity index (χ1v) is 13.4. The molecule has 1 heterocycles. The van der Waals surface area contributed by atoms with E-state index in [0.717, 1.165) is 29.1 Å². The van der Waals surface area contributed by atoms with E-state index >= 15 is 0 Å². The van der Waals surface area contributed by atoms with E-state index in [4.69, 9.17) is 11.6 Å². The Balaban J connectivity index is 1.57. The molecular formula is C31H29ClF3N3O2. The van der Waals surface area contributed by atoms with Crippen molar-refractivity contribution < 1.29 is 22.8 Å². The van der Waals surface area contributed by atoms with Gasteiger partial charge in [-0.2, -0.15) is 13.2 Å². The van der Waals surface area contributed by atoms with Crippen LogP contribution in [-0.2, 0) is 22.3 Å². The molecule has 0 aromatic heterocycles. The van der Waals surface area contributed by atoms with Crippen LogP contribution in [0.15, 0.2) is 84.1 Å². The van der Waals surface area contributed by atoms with E-state index in [1.165, 1.54) is 12.1 Å². The molecule has 0 fully saturated rings. The minimum absolute atomic E-state index is 0.0944. The van der Waals surface area contributed by atoms with Crippen molar-refractivity contribution in [1.29, 1.82) is 0 Å². The molecule has 0 bridgehead atoms. The summed E-state index contributed by atoms with van der Waals surface area (Å²) >= 11 is 5.97. The molecule has 208 valence electrons. The van der Waals surface area contributed by atoms with Gasteiger partial charge in [-0.1, -0.05) is 61.8 Å². The van der Waals surface area contributed by atoms with Gasteiger partial charge in [0.15, 0.2) is 5.78 Å². The van der Waals surface area contributed by atoms with Gasteiger partial charge in [0, 0.05) is 29.3 Å². The molecule has 1 aliphatic carbocycles. The average molecular weight is 568 g/mol. The number of halogens is 4. The Hall–Kier alpha value is -3.78. The van der Waals surface area contributed by atoms with E-state index in [1.807, 2.05) is 50.2 Å². The van der Waals surface area contributed by atoms with Gasteiger partial charge >= 0.3 is 6.18 Å². The van der Waals surface area contributed by atoms with Gasteiger partial charge in [0.2, 0.25) is 5.91 Å². The number of carbonyl (C=O) groups is 2. The zero-order chi connectivity index (χ0) is 28.7. The van der Waals surface area contributed by atoms with E-state index in [1.54, 1.807) is 17.0 Å². The maximum absolute atomic E-state index is 13.7. The smallest absolute Gasteiger partial charge is 0.357 e. The molecule has 0 saturated heterocycles. The third kappa shape index (κ3) is 5.87. The zero-order valence-corrected chi connectivity index (χ0v) is 22.9. The second kappa shape index (κ2) is 10.7. The Morgan fingerprint density at radius 2 is 1.70 bits per heavy atom. The Morgan fingerprint density at radius 1 is 1.02 bits per heavy atom. The summed E-state index contributed by atoms with van der Waals surface area (Å²) in [5.74, 6) is -0.391. The van der Waals surface area contributed by atoms with Gasteiger partial charge in [0.1, 0.15) is 0 Å². The van der Waals surface area contributed by atoms with E-state index in [-0.39, 0.29) is 36.6 Å². The number of hydrogen-bond donors (Lipinski definition) is 2. The SMILES string of the molecule is CC1(C)CC(=O)C2=C(C1)Nc1ccccc1N(CC(=O)NCc1ccc(Cl)cc1)C2c1ccc(C(F)(F)F)cc1. The molecule has 3 aromatic rings. The number of alkyl halides is 3. The maximum Gasteiger partial charge on any atom is 0.416 e. The molecule has 5 rings (SSSR count). The lowest BCUT2D eigenvalue weighted by Crippen LogP contribution is -2.41. The zero-order valence-electron chi connectivity index (χ0n) is 22.1. The molecule has 1 aliphatic heterocycles. The van der Waals surface area contributed by atoms with Crippen molar-refractivity contribution in [3.8, 4) is 0 Å². The van der Waals surface area contributed by atoms with Crippen molar-refractivity contribution in [3.63, 3.8) is 0 Å². The number of rotatable bonds is 5. The van der Waals surface area contributed by atoms with Crippen LogP contribution in [0.1, 0.15) is 49.4 Å². The molecule has 40 heavy (non-hydrogen) atoms. The van der Waals surface area contributed by atoms with E-state index in [2.05, 4.69) is 10.6 Å². The fraction of sp³-hybridized carbons (Fsp3) is 0.290. The first-order valence-electron chi connectivity index (χ1n) is 13.0. The summed E-state index contributed by atoms with van der Waals surface area (Å²) in [5, 5.41) is 6.95. The van der Waals surface area contributed by atoms with Crippen LogP contribution in [0.5, 0.6) is 0 Å². The van der Waals surface area contributed by atoms with Gasteiger partial charge in [-0.25, -0.2) is 0 Å². The van der Waals surface area contributed by atoms with Gasteiger partial charge in [-0.15, -0.1) is 0 Å². The molecular weight excluding hydrogens is 539 g/mol. The second-order valence-electron chi connectivity index (χ2n) is 11.0. The van der Waals surface area contributed by atoms with Crippen molar-refractivity contribution in [1.82, 2.24) is 5.32 Å². The Labute approximate surface area is 236 Å². The summed E-state index contributed by atoms with van der Waals surface area (Å²) in [6.07, 6.45) is -3.62. The largest absolute Gasteiger partial charge is 0.416 e. The number of carbonyl (C=O) groups excluding carboxylic acids is 2. The summed E-state index contributed by atoms with van der Waals surface area (Å²) in [7, 11) is 0. The molecule has 0 spiro atoms. The highest BCUT2D eigenvalue weighted by Crippen LogP contribution is 2.48. The topological polar surface area (TPSA) is 61.4 Å². The van der Waals surface area contributed by atoms with Gasteiger partial charge in [-0.3, -0.25) is 9.59 Å². The van der Waals surface area contributed by atoms with Crippen molar-refractivity contribution >= 4 is 34.7 Å². The molecule has 1 atom stereocenters. The normalized spacial score (nSPS) is 18.4. The lowest BCUT2D eigenvalue weighted by molar-refractivity contribution is -0.137. The monoisotopic (exact) mass is 567 g/mol. The van der Waals surface area contributed by atoms with Crippen LogP contribution in [0.25, 0.3) is 0 Å². The van der Waals surface area contributed by atoms with Gasteiger partial charge in [-0.05, 0) is 59.4 Å². The molecule has 3 aromatic carbocycles. The van der Waals surface area contributed by atoms with Crippen LogP contribution in [0.3, 0.4) is 0 Å². The molecule has 0 radical (unpaired) electrons. The highest BCUT2D eigenvalue weighted by Gasteiger charge is 2.42. The number of allylic oxidation sites excluding steroid dienone is 1. The van der Waals surface area contributed by atoms with Crippen LogP contribution in [0.4, 0.5) is 24.5 Å². The standard InChI is InChI=1S/C31H29ClF3N3O2/c1-30(2)15-24-28(26(39)16-30)29(20-9-11-21(12-10-20)31(33,34)35)38(25-6-4-3-5-23(25)37-24)18-27(40)36-17-19-7-13-22(32)14-8-19/h3-14,29,37H,15-18H2,1-2H3,(H,36,40). The summed E-state index contributed by atoms with van der Waals surface area (Å²) < 4.78 is 40.2. The average Bonchev–Trinajstić information content (AvgIpc) is 3.02. The molecule has 1 unspecified atom stereocenters. The Morgan fingerprint density at radius 3 is 2.38 bits per heavy atom. The maximum atomic E-state index is 13.7. The molecule has 2 aliphatic rings. The van der Waals surface area contributed by atoms with Gasteiger partial charge < -0.3 is 15.5 Å². The highest BCUT2D eigenvalue weighted by atomic mass is 35.5. The number of benzene rings is 3. The van der Waals surface area contributed by atoms with Crippen molar-refractivity contribution in [2.75, 3.05) is 16.8 Å². The van der Waals surface area contributed by atoms with Crippen LogP contribution in [0, 0.1) is 5.41 Å². The van der Waals surface area contributed by atoms with E-state index < -0.39 is 17.8 Å². The predicted octanol–water partition coefficient (Wildman–Crippen LogP) is 7.29. The molecule has 5 nitrogen and oxygen atoms in total. The minimum Gasteiger partial charge on any atom is -0.357 e. The number of amides is 1. The van der Waals surface area contributed by atoms with Crippen molar-refractivity contribution in [2.45, 2.75) is 45.5 Å². The van der Waals surface area contributed by atoms with Crippen molar-refractivity contribution in [3.05, 3.63) is 106 Å². The number of ketones is 1. The summed E-state index contributed by atoms with van der Waals surface area (Å²) in [5.41, 5.74) is 2.88. The van der Waals surface area contributed by atoms with Crippen molar-refractivity contribution in [2.24, 2.45) is 5.41 Å². The number of Topliss-reactive ketones (excluding diaryl/α,β-unsaturated/α-hetero) is 1. The summed E-state index contributed by atoms with van der Waals surface area (Å²) in [4.78, 5) is 28.8. The second-order valence-corrected chi connectivity index (χ2v) is 11.5. The van der Waals surface area contributed by atoms with E-state index in [9.17, 15) is 22.8 Å². The summed E-state index contributed by atoms with van der Waals surface area (Å²) in [6, 6.07) is 18.6. The number of fused-ring (bicyclic) bond motifs is 1. The number of nitrogens with one attached hydrogen (secondary N) is 2. The Kier molecular flexibility index (Phi) is 7.40. The van der Waals surface area contributed by atoms with Crippen LogP contribution < -0.4 is 15.5 Å². The van der Waals surface area contributed by atoms with Crippen LogP contribution in [-0.4, -0.2) is 18.2 Å². The number of para-hydroxylation sites is 2. The molecule has 1 amide bonds. The van der Waals surface area contributed by atoms with E-state index in [0.29, 0.717) is 28.3 Å². The van der Waals surface area contributed by atoms with Gasteiger partial charge in [0.05, 0.1) is 29.5 Å². The number of hydrogen-bond acceptors (Lipinski definition) is 4. The fourth-order valence-corrected chi connectivity index (χ4v) is 5.57. The quantitative estimate of drug-likeness (QED) is 0.340. The minimum atomic E-state index is -4.49. The third-order valence-corrected chi connectivity index (χ3v) is 7.53. The van der Waals surface area contributed by atoms with Gasteiger partial charge in [0.25, 0.3) is 0 Å². The lowest BCUT2D eigenvalue weighted by Gasteiger charge is -2.38. The summed E-state index contributed by atoms with van der Waals surface area (Å²) in [6.45, 7) is 4.19. The molecule has 2 N–H and O–H groups in total. The predicted molar refractivity (Wildman–Crippen MR) is 150 cm³/mol. The number of anilines is 2. The molecule has 0 saturated carbocycles. The van der Waals surface area contributed by atoms with Crippen LogP contribution >= 0.6 is 11.6 Å². The first kappa shape index (κ1) is 27.8.